The molecule has 1 aromatic rings. The van der Waals surface area contributed by atoms with Crippen LogP contribution < -0.4 is 4.90 Å². The monoisotopic (exact) mass is 367 g/mol. The first-order valence-corrected chi connectivity index (χ1v) is 6.09. The van der Waals surface area contributed by atoms with Gasteiger partial charge in [0.15, 0.2) is 0 Å². The molecule has 0 aromatic heterocycles. The van der Waals surface area contributed by atoms with Gasteiger partial charge in [-0.05, 0) is 12.1 Å². The van der Waals surface area contributed by atoms with Gasteiger partial charge in [0, 0.05) is 25.3 Å². The van der Waals surface area contributed by atoms with E-state index in [1.807, 2.05) is 0 Å². The number of carbonyl (C=O) groups excluding carboxylic acids is 1. The standard InChI is InChI=1S/C13H10F9NO/c1-23(2)8-5-3-4-7(6-8)9(24)10(14,15)11(16,17)12(18,19)13(20,21)22/h3-6H,1-2H3. The zero-order chi connectivity index (χ0) is 19.1. The number of benzene rings is 1. The van der Waals surface area contributed by atoms with Gasteiger partial charge in [-0.3, -0.25) is 4.79 Å². The maximum atomic E-state index is 13.5. The average Bonchev–Trinajstić information content (AvgIpc) is 2.44. The molecule has 0 aliphatic rings. The molecule has 0 bridgehead atoms. The number of carbonyl (C=O) groups is 1. The van der Waals surface area contributed by atoms with Crippen LogP contribution in [0.5, 0.6) is 0 Å². The lowest BCUT2D eigenvalue weighted by atomic mass is 9.95. The maximum absolute atomic E-state index is 13.5. The topological polar surface area (TPSA) is 20.3 Å². The van der Waals surface area contributed by atoms with E-state index in [1.54, 1.807) is 0 Å². The van der Waals surface area contributed by atoms with Crippen molar-refractivity contribution in [2.45, 2.75) is 23.9 Å². The van der Waals surface area contributed by atoms with Gasteiger partial charge in [0.05, 0.1) is 0 Å². The molecule has 0 amide bonds. The van der Waals surface area contributed by atoms with Crippen LogP contribution in [0.2, 0.25) is 0 Å². The van der Waals surface area contributed by atoms with E-state index in [2.05, 4.69) is 0 Å². The molecule has 0 fully saturated rings. The Hall–Kier alpha value is -1.94. The highest BCUT2D eigenvalue weighted by Gasteiger charge is 2.83. The van der Waals surface area contributed by atoms with Crippen LogP contribution in [-0.4, -0.2) is 43.8 Å². The first kappa shape index (κ1) is 20.1. The van der Waals surface area contributed by atoms with Gasteiger partial charge in [-0.1, -0.05) is 12.1 Å². The molecule has 0 saturated heterocycles. The minimum Gasteiger partial charge on any atom is -0.378 e. The minimum atomic E-state index is -7.10. The number of nitrogens with zero attached hydrogens (tertiary/aromatic N) is 1. The van der Waals surface area contributed by atoms with Crippen molar-refractivity contribution < 1.29 is 44.3 Å². The Morgan fingerprint density at radius 1 is 0.875 bits per heavy atom. The fourth-order valence-electron chi connectivity index (χ4n) is 1.62. The van der Waals surface area contributed by atoms with Gasteiger partial charge < -0.3 is 4.90 Å². The van der Waals surface area contributed by atoms with Crippen LogP contribution >= 0.6 is 0 Å². The first-order valence-electron chi connectivity index (χ1n) is 6.09. The summed E-state index contributed by atoms with van der Waals surface area (Å²) in [4.78, 5) is 12.8. The molecular formula is C13H10F9NO. The van der Waals surface area contributed by atoms with Crippen molar-refractivity contribution in [3.8, 4) is 0 Å². The predicted molar refractivity (Wildman–Crippen MR) is 66.0 cm³/mol. The number of anilines is 1. The summed E-state index contributed by atoms with van der Waals surface area (Å²) in [6, 6.07) is 3.53. The fourth-order valence-corrected chi connectivity index (χ4v) is 1.62. The summed E-state index contributed by atoms with van der Waals surface area (Å²) in [6.45, 7) is 0. The smallest absolute Gasteiger partial charge is 0.378 e. The van der Waals surface area contributed by atoms with Gasteiger partial charge in [-0.15, -0.1) is 0 Å². The molecule has 0 unspecified atom stereocenters. The lowest BCUT2D eigenvalue weighted by molar-refractivity contribution is -0.386. The van der Waals surface area contributed by atoms with Crippen molar-refractivity contribution in [3.63, 3.8) is 0 Å². The second kappa shape index (κ2) is 5.85. The molecule has 1 aromatic carbocycles. The fraction of sp³-hybridized carbons (Fsp3) is 0.462. The summed E-state index contributed by atoms with van der Waals surface area (Å²) in [5, 5.41) is 0. The summed E-state index contributed by atoms with van der Waals surface area (Å²) in [6.07, 6.45) is -6.97. The Morgan fingerprint density at radius 2 is 1.38 bits per heavy atom. The number of halogens is 9. The van der Waals surface area contributed by atoms with E-state index in [1.165, 1.54) is 25.1 Å². The highest BCUT2D eigenvalue weighted by Crippen LogP contribution is 2.53. The van der Waals surface area contributed by atoms with Gasteiger partial charge in [0.25, 0.3) is 0 Å². The molecule has 0 heterocycles. The molecule has 0 radical (unpaired) electrons. The van der Waals surface area contributed by atoms with Crippen LogP contribution in [0.3, 0.4) is 0 Å². The minimum absolute atomic E-state index is 0.0718. The molecule has 0 N–H and O–H groups in total. The average molecular weight is 367 g/mol. The number of alkyl halides is 9. The number of hydrogen-bond acceptors (Lipinski definition) is 2. The Morgan fingerprint density at radius 3 is 1.79 bits per heavy atom. The van der Waals surface area contributed by atoms with Crippen molar-refractivity contribution in [2.24, 2.45) is 0 Å². The van der Waals surface area contributed by atoms with Crippen molar-refractivity contribution in [1.29, 1.82) is 0 Å². The van der Waals surface area contributed by atoms with E-state index >= 15 is 0 Å². The molecule has 0 atom stereocenters. The van der Waals surface area contributed by atoms with Crippen LogP contribution in [0.4, 0.5) is 45.2 Å². The largest absolute Gasteiger partial charge is 0.460 e. The third kappa shape index (κ3) is 3.03. The zero-order valence-corrected chi connectivity index (χ0v) is 12.1. The van der Waals surface area contributed by atoms with Crippen LogP contribution in [0.25, 0.3) is 0 Å². The van der Waals surface area contributed by atoms with Gasteiger partial charge >= 0.3 is 23.9 Å². The van der Waals surface area contributed by atoms with Gasteiger partial charge in [0.2, 0.25) is 5.78 Å². The van der Waals surface area contributed by atoms with Gasteiger partial charge in [-0.2, -0.15) is 39.5 Å². The predicted octanol–water partition coefficient (Wildman–Crippen LogP) is 4.40. The van der Waals surface area contributed by atoms with E-state index in [0.717, 1.165) is 6.07 Å². The maximum Gasteiger partial charge on any atom is 0.460 e. The molecule has 1 rings (SSSR count). The second-order valence-corrected chi connectivity index (χ2v) is 4.99. The highest BCUT2D eigenvalue weighted by atomic mass is 19.4. The molecule has 11 heteroatoms. The number of hydrogen-bond donors (Lipinski definition) is 0. The second-order valence-electron chi connectivity index (χ2n) is 4.99. The lowest BCUT2D eigenvalue weighted by Crippen LogP contribution is -2.63. The zero-order valence-electron chi connectivity index (χ0n) is 12.1. The summed E-state index contributed by atoms with van der Waals surface area (Å²) in [5.41, 5.74) is -1.06. The molecule has 136 valence electrons. The molecule has 0 aliphatic heterocycles. The Kier molecular flexibility index (Phi) is 4.90. The Labute approximate surface area is 129 Å². The molecule has 24 heavy (non-hydrogen) atoms. The summed E-state index contributed by atoms with van der Waals surface area (Å²) < 4.78 is 115. The first-order chi connectivity index (χ1) is 10.6. The number of Topliss-reactive ketones (excluding diaryl/α,β-unsaturated/α-hetero) is 1. The van der Waals surface area contributed by atoms with Crippen LogP contribution in [0.15, 0.2) is 24.3 Å². The van der Waals surface area contributed by atoms with Crippen molar-refractivity contribution in [2.75, 3.05) is 19.0 Å². The third-order valence-corrected chi connectivity index (χ3v) is 3.05. The molecule has 0 saturated carbocycles. The molecule has 0 aliphatic carbocycles. The number of ketones is 1. The van der Waals surface area contributed by atoms with E-state index in [-0.39, 0.29) is 5.69 Å². The third-order valence-electron chi connectivity index (χ3n) is 3.05. The molecule has 0 spiro atoms. The molecular weight excluding hydrogens is 357 g/mol. The quantitative estimate of drug-likeness (QED) is 0.568. The normalized spacial score (nSPS) is 13.8. The van der Waals surface area contributed by atoms with Crippen molar-refractivity contribution >= 4 is 11.5 Å². The Bertz CT molecular complexity index is 622. The van der Waals surface area contributed by atoms with Crippen LogP contribution in [0.1, 0.15) is 10.4 Å². The Balaban J connectivity index is 3.37. The van der Waals surface area contributed by atoms with Crippen LogP contribution in [-0.2, 0) is 0 Å². The summed E-state index contributed by atoms with van der Waals surface area (Å²) >= 11 is 0. The summed E-state index contributed by atoms with van der Waals surface area (Å²) in [5.74, 6) is -23.2. The lowest BCUT2D eigenvalue weighted by Gasteiger charge is -2.32. The van der Waals surface area contributed by atoms with E-state index in [0.29, 0.717) is 12.1 Å². The van der Waals surface area contributed by atoms with E-state index in [4.69, 9.17) is 0 Å². The number of rotatable bonds is 5. The van der Waals surface area contributed by atoms with E-state index in [9.17, 15) is 44.3 Å². The summed E-state index contributed by atoms with van der Waals surface area (Å²) in [7, 11) is 2.79. The highest BCUT2D eigenvalue weighted by molar-refractivity contribution is 6.02. The van der Waals surface area contributed by atoms with Crippen molar-refractivity contribution in [3.05, 3.63) is 29.8 Å². The van der Waals surface area contributed by atoms with Gasteiger partial charge in [0.1, 0.15) is 0 Å². The van der Waals surface area contributed by atoms with Gasteiger partial charge in [-0.25, -0.2) is 0 Å². The molecule has 2 nitrogen and oxygen atoms in total. The SMILES string of the molecule is CN(C)c1cccc(C(=O)C(F)(F)C(F)(F)C(F)(F)C(F)(F)F)c1. The van der Waals surface area contributed by atoms with E-state index < -0.39 is 35.3 Å². The van der Waals surface area contributed by atoms with Crippen LogP contribution in [0, 0.1) is 0 Å². The van der Waals surface area contributed by atoms with Crippen molar-refractivity contribution in [1.82, 2.24) is 0 Å².